The first-order chi connectivity index (χ1) is 12.6. The number of para-hydroxylation sites is 1. The molecular weight excluding hydrogens is 390 g/mol. The monoisotopic (exact) mass is 407 g/mol. The van der Waals surface area contributed by atoms with Crippen LogP contribution in [0.1, 0.15) is 15.9 Å². The van der Waals surface area contributed by atoms with Crippen molar-refractivity contribution >= 4 is 39.4 Å². The molecule has 1 N–H and O–H groups in total. The van der Waals surface area contributed by atoms with Crippen molar-refractivity contribution in [2.45, 2.75) is 0 Å². The van der Waals surface area contributed by atoms with Gasteiger partial charge in [-0.25, -0.2) is 5.43 Å². The summed E-state index contributed by atoms with van der Waals surface area (Å²) in [6.45, 7) is 0. The smallest absolute Gasteiger partial charge is 0.271 e. The molecule has 0 saturated heterocycles. The summed E-state index contributed by atoms with van der Waals surface area (Å²) in [6, 6.07) is 25.2. The van der Waals surface area contributed by atoms with Crippen molar-refractivity contribution < 1.29 is 4.79 Å². The van der Waals surface area contributed by atoms with Crippen LogP contribution in [0.5, 0.6) is 0 Å². The second kappa shape index (κ2) is 8.45. The molecule has 0 radical (unpaired) electrons. The third-order valence-corrected chi connectivity index (χ3v) is 4.44. The van der Waals surface area contributed by atoms with Crippen molar-refractivity contribution in [2.75, 3.05) is 11.9 Å². The minimum Gasteiger partial charge on any atom is -0.345 e. The normalized spacial score (nSPS) is 10.7. The maximum atomic E-state index is 12.0. The number of carbonyl (C=O) groups excluding carboxylic acids is 1. The zero-order valence-corrected chi connectivity index (χ0v) is 15.8. The second-order valence-corrected chi connectivity index (χ2v) is 6.61. The number of hydrazone groups is 1. The number of benzene rings is 3. The molecular formula is C21H18BrN3O. The van der Waals surface area contributed by atoms with Gasteiger partial charge >= 0.3 is 0 Å². The van der Waals surface area contributed by atoms with E-state index in [0.717, 1.165) is 21.4 Å². The zero-order chi connectivity index (χ0) is 18.4. The van der Waals surface area contributed by atoms with Crippen molar-refractivity contribution in [2.24, 2.45) is 5.10 Å². The van der Waals surface area contributed by atoms with E-state index >= 15 is 0 Å². The van der Waals surface area contributed by atoms with Crippen LogP contribution in [0, 0.1) is 0 Å². The van der Waals surface area contributed by atoms with E-state index in [1.807, 2.05) is 61.6 Å². The van der Waals surface area contributed by atoms with Gasteiger partial charge in [0, 0.05) is 28.5 Å². The van der Waals surface area contributed by atoms with E-state index in [4.69, 9.17) is 0 Å². The number of rotatable bonds is 5. The number of hydrogen-bond acceptors (Lipinski definition) is 3. The quantitative estimate of drug-likeness (QED) is 0.478. The molecule has 130 valence electrons. The Morgan fingerprint density at radius 3 is 2.19 bits per heavy atom. The number of anilines is 2. The highest BCUT2D eigenvalue weighted by Gasteiger charge is 2.04. The lowest BCUT2D eigenvalue weighted by Gasteiger charge is -2.19. The lowest BCUT2D eigenvalue weighted by Crippen LogP contribution is -2.17. The van der Waals surface area contributed by atoms with E-state index < -0.39 is 0 Å². The number of halogens is 1. The first kappa shape index (κ1) is 17.9. The Morgan fingerprint density at radius 1 is 0.923 bits per heavy atom. The SMILES string of the molecule is CN(c1ccccc1)c1ccc(/C=N/NC(=O)c2ccc(Br)cc2)cc1. The predicted octanol–water partition coefficient (Wildman–Crippen LogP) is 4.98. The van der Waals surface area contributed by atoms with Crippen molar-refractivity contribution in [1.29, 1.82) is 0 Å². The van der Waals surface area contributed by atoms with Gasteiger partial charge in [-0.15, -0.1) is 0 Å². The van der Waals surface area contributed by atoms with Crippen molar-refractivity contribution in [3.05, 3.63) is 94.5 Å². The molecule has 0 saturated carbocycles. The van der Waals surface area contributed by atoms with Gasteiger partial charge in [-0.1, -0.05) is 46.3 Å². The van der Waals surface area contributed by atoms with Crippen molar-refractivity contribution in [3.8, 4) is 0 Å². The summed E-state index contributed by atoms with van der Waals surface area (Å²) in [7, 11) is 2.02. The summed E-state index contributed by atoms with van der Waals surface area (Å²) >= 11 is 3.34. The number of hydrogen-bond donors (Lipinski definition) is 1. The Balaban J connectivity index is 1.61. The Kier molecular flexibility index (Phi) is 5.81. The van der Waals surface area contributed by atoms with Gasteiger partial charge in [0.1, 0.15) is 0 Å². The van der Waals surface area contributed by atoms with E-state index in [1.54, 1.807) is 18.3 Å². The number of nitrogens with one attached hydrogen (secondary N) is 1. The molecule has 4 nitrogen and oxygen atoms in total. The van der Waals surface area contributed by atoms with E-state index in [2.05, 4.69) is 43.5 Å². The van der Waals surface area contributed by atoms with Crippen LogP contribution in [0.2, 0.25) is 0 Å². The van der Waals surface area contributed by atoms with Gasteiger partial charge in [0.05, 0.1) is 6.21 Å². The Hall–Kier alpha value is -2.92. The molecule has 1 amide bonds. The summed E-state index contributed by atoms with van der Waals surface area (Å²) in [5.41, 5.74) is 6.20. The third kappa shape index (κ3) is 4.58. The van der Waals surface area contributed by atoms with E-state index in [0.29, 0.717) is 5.56 Å². The third-order valence-electron chi connectivity index (χ3n) is 3.91. The van der Waals surface area contributed by atoms with Gasteiger partial charge in [0.25, 0.3) is 5.91 Å². The van der Waals surface area contributed by atoms with Gasteiger partial charge < -0.3 is 4.90 Å². The molecule has 5 heteroatoms. The predicted molar refractivity (Wildman–Crippen MR) is 110 cm³/mol. The van der Waals surface area contributed by atoms with Crippen LogP contribution in [0.15, 0.2) is 88.4 Å². The summed E-state index contributed by atoms with van der Waals surface area (Å²) in [5, 5.41) is 4.02. The van der Waals surface area contributed by atoms with Crippen LogP contribution in [0.25, 0.3) is 0 Å². The zero-order valence-electron chi connectivity index (χ0n) is 14.3. The van der Waals surface area contributed by atoms with Gasteiger partial charge in [-0.05, 0) is 54.1 Å². The van der Waals surface area contributed by atoms with Crippen LogP contribution in [-0.4, -0.2) is 19.2 Å². The fourth-order valence-electron chi connectivity index (χ4n) is 2.42. The molecule has 0 unspecified atom stereocenters. The van der Waals surface area contributed by atoms with Gasteiger partial charge in [0.15, 0.2) is 0 Å². The number of carbonyl (C=O) groups is 1. The van der Waals surface area contributed by atoms with E-state index in [9.17, 15) is 4.79 Å². The fraction of sp³-hybridized carbons (Fsp3) is 0.0476. The highest BCUT2D eigenvalue weighted by molar-refractivity contribution is 9.10. The summed E-state index contributed by atoms with van der Waals surface area (Å²) in [5.74, 6) is -0.241. The minimum atomic E-state index is -0.241. The standard InChI is InChI=1S/C21H18BrN3O/c1-25(19-5-3-2-4-6-19)20-13-7-16(8-14-20)15-23-24-21(26)17-9-11-18(22)12-10-17/h2-15H,1H3,(H,24,26)/b23-15+. The van der Waals surface area contributed by atoms with Gasteiger partial charge in [-0.3, -0.25) is 4.79 Å². The van der Waals surface area contributed by atoms with Crippen LogP contribution >= 0.6 is 15.9 Å². The number of nitrogens with zero attached hydrogens (tertiary/aromatic N) is 2. The maximum Gasteiger partial charge on any atom is 0.271 e. The first-order valence-corrected chi connectivity index (χ1v) is 8.90. The first-order valence-electron chi connectivity index (χ1n) is 8.11. The molecule has 0 aliphatic carbocycles. The molecule has 0 spiro atoms. The van der Waals surface area contributed by atoms with Crippen molar-refractivity contribution in [3.63, 3.8) is 0 Å². The summed E-state index contributed by atoms with van der Waals surface area (Å²) in [6.07, 6.45) is 1.63. The highest BCUT2D eigenvalue weighted by Crippen LogP contribution is 2.22. The van der Waals surface area contributed by atoms with Gasteiger partial charge in [0.2, 0.25) is 0 Å². The molecule has 3 aromatic carbocycles. The lowest BCUT2D eigenvalue weighted by atomic mass is 10.2. The average molecular weight is 408 g/mol. The molecule has 0 bridgehead atoms. The molecule has 0 atom stereocenters. The fourth-order valence-corrected chi connectivity index (χ4v) is 2.68. The van der Waals surface area contributed by atoms with Crippen molar-refractivity contribution in [1.82, 2.24) is 5.43 Å². The maximum absolute atomic E-state index is 12.0. The Bertz CT molecular complexity index is 891. The molecule has 0 aliphatic heterocycles. The molecule has 0 fully saturated rings. The average Bonchev–Trinajstić information content (AvgIpc) is 2.69. The van der Waals surface area contributed by atoms with E-state index in [1.165, 1.54) is 0 Å². The Labute approximate surface area is 161 Å². The highest BCUT2D eigenvalue weighted by atomic mass is 79.9. The Morgan fingerprint density at radius 2 is 1.54 bits per heavy atom. The molecule has 3 aromatic rings. The van der Waals surface area contributed by atoms with Crippen LogP contribution in [0.4, 0.5) is 11.4 Å². The van der Waals surface area contributed by atoms with Crippen LogP contribution < -0.4 is 10.3 Å². The molecule has 0 heterocycles. The molecule has 3 rings (SSSR count). The topological polar surface area (TPSA) is 44.7 Å². The summed E-state index contributed by atoms with van der Waals surface area (Å²) < 4.78 is 0.929. The van der Waals surface area contributed by atoms with Crippen LogP contribution in [0.3, 0.4) is 0 Å². The largest absolute Gasteiger partial charge is 0.345 e. The minimum absolute atomic E-state index is 0.241. The summed E-state index contributed by atoms with van der Waals surface area (Å²) in [4.78, 5) is 14.1. The molecule has 26 heavy (non-hydrogen) atoms. The number of amides is 1. The second-order valence-electron chi connectivity index (χ2n) is 5.69. The van der Waals surface area contributed by atoms with E-state index in [-0.39, 0.29) is 5.91 Å². The van der Waals surface area contributed by atoms with Crippen LogP contribution in [-0.2, 0) is 0 Å². The van der Waals surface area contributed by atoms with Gasteiger partial charge in [-0.2, -0.15) is 5.10 Å². The molecule has 0 aliphatic rings. The lowest BCUT2D eigenvalue weighted by molar-refractivity contribution is 0.0955. The molecule has 0 aromatic heterocycles.